The van der Waals surface area contributed by atoms with Gasteiger partial charge in [-0.15, -0.1) is 6.58 Å². The predicted octanol–water partition coefficient (Wildman–Crippen LogP) is 3.09. The zero-order valence-corrected chi connectivity index (χ0v) is 10.4. The molecule has 2 nitrogen and oxygen atoms in total. The minimum absolute atomic E-state index is 0.210. The van der Waals surface area contributed by atoms with Gasteiger partial charge in [0.05, 0.1) is 12.7 Å². The molecular weight excluding hydrogens is 219 g/mol. The number of methoxy groups -OCH3 is 1. The van der Waals surface area contributed by atoms with E-state index in [1.165, 1.54) is 7.11 Å². The summed E-state index contributed by atoms with van der Waals surface area (Å²) in [6.45, 7) is 5.31. The van der Waals surface area contributed by atoms with Crippen LogP contribution < -0.4 is 4.74 Å². The van der Waals surface area contributed by atoms with Gasteiger partial charge in [-0.1, -0.05) is 18.2 Å². The fraction of sp³-hybridized carbons (Fsp3) is 0.429. The number of ether oxygens (including phenoxy) is 1. The highest BCUT2D eigenvalue weighted by Gasteiger charge is 2.22. The molecule has 0 radical (unpaired) electrons. The van der Waals surface area contributed by atoms with Crippen LogP contribution in [0.15, 0.2) is 30.9 Å². The monoisotopic (exact) mass is 238 g/mol. The van der Waals surface area contributed by atoms with Crippen molar-refractivity contribution in [2.24, 2.45) is 0 Å². The van der Waals surface area contributed by atoms with Crippen molar-refractivity contribution in [2.75, 3.05) is 7.11 Å². The molecule has 1 rings (SSSR count). The molecule has 0 aromatic heterocycles. The van der Waals surface area contributed by atoms with E-state index < -0.39 is 11.4 Å². The average Bonchev–Trinajstić information content (AvgIpc) is 2.29. The van der Waals surface area contributed by atoms with Crippen molar-refractivity contribution < 1.29 is 14.2 Å². The first kappa shape index (κ1) is 13.7. The molecule has 1 aromatic rings. The first-order valence-electron chi connectivity index (χ1n) is 5.65. The zero-order valence-electron chi connectivity index (χ0n) is 10.4. The van der Waals surface area contributed by atoms with Crippen LogP contribution in [0.2, 0.25) is 0 Å². The molecule has 0 aliphatic heterocycles. The number of halogens is 1. The third-order valence-corrected chi connectivity index (χ3v) is 2.72. The maximum Gasteiger partial charge on any atom is 0.168 e. The molecule has 0 spiro atoms. The van der Waals surface area contributed by atoms with Gasteiger partial charge in [0, 0.05) is 6.42 Å². The molecule has 0 aliphatic carbocycles. The number of aliphatic hydroxyl groups is 1. The average molecular weight is 238 g/mol. The highest BCUT2D eigenvalue weighted by atomic mass is 19.1. The first-order valence-corrected chi connectivity index (χ1v) is 5.65. The molecule has 1 N–H and O–H groups in total. The summed E-state index contributed by atoms with van der Waals surface area (Å²) in [6.07, 6.45) is 3.28. The van der Waals surface area contributed by atoms with E-state index in [4.69, 9.17) is 4.74 Å². The minimum Gasteiger partial charge on any atom is -0.494 e. The summed E-state index contributed by atoms with van der Waals surface area (Å²) in [7, 11) is 1.43. The van der Waals surface area contributed by atoms with Gasteiger partial charge in [0.25, 0.3) is 0 Å². The van der Waals surface area contributed by atoms with E-state index in [-0.39, 0.29) is 12.2 Å². The Bertz CT molecular complexity index is 386. The summed E-state index contributed by atoms with van der Waals surface area (Å²) in [4.78, 5) is 0. The molecule has 94 valence electrons. The van der Waals surface area contributed by atoms with E-state index in [2.05, 4.69) is 6.58 Å². The molecule has 0 bridgehead atoms. The van der Waals surface area contributed by atoms with Crippen molar-refractivity contribution in [3.63, 3.8) is 0 Å². The molecule has 0 amide bonds. The van der Waals surface area contributed by atoms with E-state index in [0.29, 0.717) is 18.4 Å². The summed E-state index contributed by atoms with van der Waals surface area (Å²) >= 11 is 0. The van der Waals surface area contributed by atoms with Crippen molar-refractivity contribution in [1.29, 1.82) is 0 Å². The Morgan fingerprint density at radius 3 is 2.82 bits per heavy atom. The van der Waals surface area contributed by atoms with Crippen LogP contribution in [0.5, 0.6) is 5.75 Å². The van der Waals surface area contributed by atoms with Crippen LogP contribution in [0.25, 0.3) is 0 Å². The summed E-state index contributed by atoms with van der Waals surface area (Å²) in [5, 5.41) is 10.1. The summed E-state index contributed by atoms with van der Waals surface area (Å²) in [6, 6.07) is 4.96. The van der Waals surface area contributed by atoms with E-state index >= 15 is 0 Å². The SMILES string of the molecule is C=CCCC(C)(O)Cc1cccc(OC)c1F. The van der Waals surface area contributed by atoms with Crippen molar-refractivity contribution in [3.05, 3.63) is 42.2 Å². The van der Waals surface area contributed by atoms with Gasteiger partial charge < -0.3 is 9.84 Å². The largest absolute Gasteiger partial charge is 0.494 e. The molecule has 17 heavy (non-hydrogen) atoms. The van der Waals surface area contributed by atoms with Gasteiger partial charge in [-0.25, -0.2) is 4.39 Å². The normalized spacial score (nSPS) is 14.1. The van der Waals surface area contributed by atoms with Crippen LogP contribution in [-0.2, 0) is 6.42 Å². The third kappa shape index (κ3) is 3.86. The molecule has 0 aliphatic rings. The fourth-order valence-corrected chi connectivity index (χ4v) is 1.76. The maximum atomic E-state index is 13.9. The van der Waals surface area contributed by atoms with Crippen LogP contribution in [0.1, 0.15) is 25.3 Å². The molecule has 1 unspecified atom stereocenters. The van der Waals surface area contributed by atoms with Gasteiger partial charge in [0.1, 0.15) is 0 Å². The van der Waals surface area contributed by atoms with E-state index in [0.717, 1.165) is 0 Å². The number of benzene rings is 1. The lowest BCUT2D eigenvalue weighted by Gasteiger charge is -2.23. The standard InChI is InChI=1S/C14H19FO2/c1-4-5-9-14(2,16)10-11-7-6-8-12(17-3)13(11)15/h4,6-8,16H,1,5,9-10H2,2-3H3. The Morgan fingerprint density at radius 1 is 1.53 bits per heavy atom. The van der Waals surface area contributed by atoms with Crippen LogP contribution in [-0.4, -0.2) is 17.8 Å². The van der Waals surface area contributed by atoms with Crippen LogP contribution in [0, 0.1) is 5.82 Å². The topological polar surface area (TPSA) is 29.5 Å². The van der Waals surface area contributed by atoms with E-state index in [1.54, 1.807) is 31.2 Å². The van der Waals surface area contributed by atoms with Crippen molar-refractivity contribution in [1.82, 2.24) is 0 Å². The zero-order chi connectivity index (χ0) is 12.9. The molecule has 0 heterocycles. The second kappa shape index (κ2) is 5.82. The predicted molar refractivity (Wildman–Crippen MR) is 66.7 cm³/mol. The van der Waals surface area contributed by atoms with Crippen molar-refractivity contribution in [3.8, 4) is 5.75 Å². The van der Waals surface area contributed by atoms with Crippen LogP contribution >= 0.6 is 0 Å². The third-order valence-electron chi connectivity index (χ3n) is 2.72. The highest BCUT2D eigenvalue weighted by molar-refractivity contribution is 5.31. The Labute approximate surface area is 102 Å². The molecule has 3 heteroatoms. The molecule has 0 saturated heterocycles. The number of rotatable bonds is 6. The summed E-state index contributed by atoms with van der Waals surface area (Å²) in [5.74, 6) is -0.184. The van der Waals surface area contributed by atoms with Gasteiger partial charge in [-0.3, -0.25) is 0 Å². The molecule has 1 aromatic carbocycles. The lowest BCUT2D eigenvalue weighted by atomic mass is 9.91. The van der Waals surface area contributed by atoms with Crippen molar-refractivity contribution >= 4 is 0 Å². The molecule has 1 atom stereocenters. The molecule has 0 fully saturated rings. The lowest BCUT2D eigenvalue weighted by Crippen LogP contribution is -2.27. The summed E-state index contributed by atoms with van der Waals surface area (Å²) in [5.41, 5.74) is -0.458. The van der Waals surface area contributed by atoms with Gasteiger partial charge in [-0.05, 0) is 31.4 Å². The number of allylic oxidation sites excluding steroid dienone is 1. The smallest absolute Gasteiger partial charge is 0.168 e. The maximum absolute atomic E-state index is 13.9. The van der Waals surface area contributed by atoms with Gasteiger partial charge in [0.2, 0.25) is 0 Å². The van der Waals surface area contributed by atoms with Gasteiger partial charge >= 0.3 is 0 Å². The van der Waals surface area contributed by atoms with Crippen LogP contribution in [0.4, 0.5) is 4.39 Å². The number of hydrogen-bond donors (Lipinski definition) is 1. The van der Waals surface area contributed by atoms with E-state index in [9.17, 15) is 9.50 Å². The quantitative estimate of drug-likeness (QED) is 0.772. The fourth-order valence-electron chi connectivity index (χ4n) is 1.76. The van der Waals surface area contributed by atoms with E-state index in [1.807, 2.05) is 0 Å². The molecular formula is C14H19FO2. The van der Waals surface area contributed by atoms with Gasteiger partial charge in [0.15, 0.2) is 11.6 Å². The minimum atomic E-state index is -0.929. The second-order valence-electron chi connectivity index (χ2n) is 4.43. The summed E-state index contributed by atoms with van der Waals surface area (Å²) < 4.78 is 18.8. The second-order valence-corrected chi connectivity index (χ2v) is 4.43. The molecule has 0 saturated carbocycles. The van der Waals surface area contributed by atoms with Gasteiger partial charge in [-0.2, -0.15) is 0 Å². The highest BCUT2D eigenvalue weighted by Crippen LogP contribution is 2.25. The Kier molecular flexibility index (Phi) is 4.70. The Morgan fingerprint density at radius 2 is 2.24 bits per heavy atom. The Hall–Kier alpha value is -1.35. The number of hydrogen-bond acceptors (Lipinski definition) is 2. The first-order chi connectivity index (χ1) is 8.00. The lowest BCUT2D eigenvalue weighted by molar-refractivity contribution is 0.0514. The van der Waals surface area contributed by atoms with Crippen LogP contribution in [0.3, 0.4) is 0 Å². The Balaban J connectivity index is 2.83. The van der Waals surface area contributed by atoms with Crippen molar-refractivity contribution in [2.45, 2.75) is 31.8 Å².